The average Bonchev–Trinajstić information content (AvgIpc) is 3.46. The summed E-state index contributed by atoms with van der Waals surface area (Å²) >= 11 is 1.67. The van der Waals surface area contributed by atoms with Gasteiger partial charge in [-0.05, 0) is 42.1 Å². The zero-order valence-electron chi connectivity index (χ0n) is 15.4. The molecule has 1 amide bonds. The maximum atomic E-state index is 12.2. The molecule has 0 atom stereocenters. The van der Waals surface area contributed by atoms with Gasteiger partial charge >= 0.3 is 0 Å². The van der Waals surface area contributed by atoms with Gasteiger partial charge in [0.05, 0.1) is 18.9 Å². The van der Waals surface area contributed by atoms with Crippen LogP contribution in [0.1, 0.15) is 10.4 Å². The summed E-state index contributed by atoms with van der Waals surface area (Å²) in [6.45, 7) is 0.569. The lowest BCUT2D eigenvalue weighted by Gasteiger charge is -2.03. The summed E-state index contributed by atoms with van der Waals surface area (Å²) in [5.41, 5.74) is 2.96. The highest BCUT2D eigenvalue weighted by Crippen LogP contribution is 2.29. The zero-order chi connectivity index (χ0) is 19.3. The molecule has 6 heteroatoms. The number of thiophene rings is 1. The van der Waals surface area contributed by atoms with Crippen molar-refractivity contribution in [3.05, 3.63) is 70.8 Å². The van der Waals surface area contributed by atoms with Crippen LogP contribution in [0, 0.1) is 0 Å². The number of fused-ring (bicyclic) bond motifs is 1. The summed E-state index contributed by atoms with van der Waals surface area (Å²) in [5, 5.41) is 6.00. The van der Waals surface area contributed by atoms with E-state index in [0.717, 1.165) is 40.0 Å². The van der Waals surface area contributed by atoms with Gasteiger partial charge in [0.2, 0.25) is 5.91 Å². The fourth-order valence-electron chi connectivity index (χ4n) is 3.17. The predicted molar refractivity (Wildman–Crippen MR) is 113 cm³/mol. The molecular weight excluding hydrogens is 372 g/mol. The molecule has 142 valence electrons. The van der Waals surface area contributed by atoms with Crippen molar-refractivity contribution in [2.75, 3.05) is 13.7 Å². The molecule has 4 aromatic rings. The Morgan fingerprint density at radius 2 is 2.21 bits per heavy atom. The Labute approximate surface area is 166 Å². The van der Waals surface area contributed by atoms with Crippen molar-refractivity contribution in [3.63, 3.8) is 0 Å². The predicted octanol–water partition coefficient (Wildman–Crippen LogP) is 4.87. The molecule has 0 saturated heterocycles. The van der Waals surface area contributed by atoms with Crippen molar-refractivity contribution in [1.29, 1.82) is 0 Å². The smallest absolute Gasteiger partial charge is 0.244 e. The van der Waals surface area contributed by atoms with Crippen molar-refractivity contribution < 1.29 is 13.9 Å². The second-order valence-corrected chi connectivity index (χ2v) is 7.24. The van der Waals surface area contributed by atoms with E-state index in [-0.39, 0.29) is 5.91 Å². The minimum Gasteiger partial charge on any atom is -0.495 e. The molecule has 0 radical (unpaired) electrons. The van der Waals surface area contributed by atoms with Gasteiger partial charge in [0.15, 0.2) is 0 Å². The van der Waals surface area contributed by atoms with E-state index in [1.807, 2.05) is 54.1 Å². The van der Waals surface area contributed by atoms with Crippen molar-refractivity contribution in [2.24, 2.45) is 0 Å². The minimum absolute atomic E-state index is 0.117. The van der Waals surface area contributed by atoms with Crippen molar-refractivity contribution >= 4 is 34.2 Å². The Morgan fingerprint density at radius 1 is 1.29 bits per heavy atom. The van der Waals surface area contributed by atoms with E-state index in [1.165, 1.54) is 4.88 Å². The Hall–Kier alpha value is -3.25. The maximum absolute atomic E-state index is 12.2. The SMILES string of the molecule is COc1cccc2c(/C=C/C(=O)NCCc3sccc3-c3ccco3)c[nH]c12. The first kappa shape index (κ1) is 18.1. The molecule has 0 unspecified atom stereocenters. The molecule has 4 rings (SSSR count). The number of nitrogens with one attached hydrogen (secondary N) is 2. The quantitative estimate of drug-likeness (QED) is 0.441. The molecule has 28 heavy (non-hydrogen) atoms. The largest absolute Gasteiger partial charge is 0.495 e. The van der Waals surface area contributed by atoms with Crippen LogP contribution in [0.3, 0.4) is 0 Å². The summed E-state index contributed by atoms with van der Waals surface area (Å²) in [7, 11) is 1.64. The fraction of sp³-hybridized carbons (Fsp3) is 0.136. The first-order valence-corrected chi connectivity index (χ1v) is 9.84. The highest BCUT2D eigenvalue weighted by atomic mass is 32.1. The number of furan rings is 1. The third-order valence-electron chi connectivity index (χ3n) is 4.53. The van der Waals surface area contributed by atoms with Gasteiger partial charge in [0, 0.05) is 40.2 Å². The van der Waals surface area contributed by atoms with Crippen LogP contribution >= 0.6 is 11.3 Å². The van der Waals surface area contributed by atoms with Gasteiger partial charge in [-0.2, -0.15) is 0 Å². The molecule has 0 aliphatic rings. The lowest BCUT2D eigenvalue weighted by Crippen LogP contribution is -2.23. The normalized spacial score (nSPS) is 11.3. The summed E-state index contributed by atoms with van der Waals surface area (Å²) in [6, 6.07) is 11.7. The number of rotatable bonds is 7. The molecule has 1 aromatic carbocycles. The summed E-state index contributed by atoms with van der Waals surface area (Å²) in [5.74, 6) is 1.52. The Bertz CT molecular complexity index is 1110. The van der Waals surface area contributed by atoms with Gasteiger partial charge in [-0.1, -0.05) is 12.1 Å². The summed E-state index contributed by atoms with van der Waals surface area (Å²) in [4.78, 5) is 16.6. The minimum atomic E-state index is -0.117. The van der Waals surface area contributed by atoms with E-state index in [0.29, 0.717) is 6.54 Å². The van der Waals surface area contributed by atoms with E-state index in [2.05, 4.69) is 10.3 Å². The number of aromatic amines is 1. The van der Waals surface area contributed by atoms with Crippen LogP contribution < -0.4 is 10.1 Å². The monoisotopic (exact) mass is 392 g/mol. The van der Waals surface area contributed by atoms with Gasteiger partial charge in [-0.25, -0.2) is 0 Å². The van der Waals surface area contributed by atoms with Crippen LogP contribution in [0.25, 0.3) is 28.3 Å². The Balaban J connectivity index is 1.36. The number of ether oxygens (including phenoxy) is 1. The van der Waals surface area contributed by atoms with E-state index in [1.54, 1.807) is 30.8 Å². The molecule has 0 saturated carbocycles. The number of methoxy groups -OCH3 is 1. The third-order valence-corrected chi connectivity index (χ3v) is 5.51. The molecule has 0 aliphatic heterocycles. The van der Waals surface area contributed by atoms with E-state index >= 15 is 0 Å². The van der Waals surface area contributed by atoms with E-state index < -0.39 is 0 Å². The van der Waals surface area contributed by atoms with Crippen molar-refractivity contribution in [3.8, 4) is 17.1 Å². The lowest BCUT2D eigenvalue weighted by molar-refractivity contribution is -0.116. The number of benzene rings is 1. The van der Waals surface area contributed by atoms with Gasteiger partial charge in [0.25, 0.3) is 0 Å². The van der Waals surface area contributed by atoms with Gasteiger partial charge in [0.1, 0.15) is 11.5 Å². The number of para-hydroxylation sites is 1. The standard InChI is InChI=1S/C22H20N2O3S/c1-26-19-5-2-4-16-15(14-24-22(16)19)7-8-21(25)23-11-9-20-17(10-13-28-20)18-6-3-12-27-18/h2-8,10,12-14,24H,9,11H2,1H3,(H,23,25)/b8-7+. The molecule has 0 fully saturated rings. The number of hydrogen-bond donors (Lipinski definition) is 2. The van der Waals surface area contributed by atoms with Crippen LogP contribution in [0.2, 0.25) is 0 Å². The molecule has 3 heterocycles. The number of hydrogen-bond acceptors (Lipinski definition) is 4. The van der Waals surface area contributed by atoms with Gasteiger partial charge in [-0.15, -0.1) is 11.3 Å². The topological polar surface area (TPSA) is 67.3 Å². The number of carbonyl (C=O) groups excluding carboxylic acids is 1. The molecule has 0 spiro atoms. The van der Waals surface area contributed by atoms with E-state index in [4.69, 9.17) is 9.15 Å². The molecular formula is C22H20N2O3S. The first-order valence-electron chi connectivity index (χ1n) is 8.96. The highest BCUT2D eigenvalue weighted by Gasteiger charge is 2.09. The Kier molecular flexibility index (Phi) is 5.30. The molecule has 0 bridgehead atoms. The molecule has 0 aliphatic carbocycles. The number of H-pyrrole nitrogens is 1. The average molecular weight is 392 g/mol. The van der Waals surface area contributed by atoms with Crippen LogP contribution in [0.4, 0.5) is 0 Å². The van der Waals surface area contributed by atoms with Gasteiger partial charge in [-0.3, -0.25) is 4.79 Å². The molecule has 5 nitrogen and oxygen atoms in total. The number of carbonyl (C=O) groups is 1. The number of amides is 1. The van der Waals surface area contributed by atoms with Crippen LogP contribution in [-0.4, -0.2) is 24.5 Å². The van der Waals surface area contributed by atoms with Gasteiger partial charge < -0.3 is 19.5 Å². The Morgan fingerprint density at radius 3 is 3.04 bits per heavy atom. The van der Waals surface area contributed by atoms with E-state index in [9.17, 15) is 4.79 Å². The second-order valence-electron chi connectivity index (χ2n) is 6.24. The summed E-state index contributed by atoms with van der Waals surface area (Å²) in [6.07, 6.45) is 7.68. The second kappa shape index (κ2) is 8.19. The first-order chi connectivity index (χ1) is 13.8. The van der Waals surface area contributed by atoms with Crippen LogP contribution in [0.5, 0.6) is 5.75 Å². The number of aromatic nitrogens is 1. The maximum Gasteiger partial charge on any atom is 0.244 e. The van der Waals surface area contributed by atoms with Crippen molar-refractivity contribution in [1.82, 2.24) is 10.3 Å². The third kappa shape index (κ3) is 3.73. The summed E-state index contributed by atoms with van der Waals surface area (Å²) < 4.78 is 10.8. The van der Waals surface area contributed by atoms with Crippen LogP contribution in [0.15, 0.2) is 64.7 Å². The zero-order valence-corrected chi connectivity index (χ0v) is 16.2. The fourth-order valence-corrected chi connectivity index (χ4v) is 4.05. The highest BCUT2D eigenvalue weighted by molar-refractivity contribution is 7.10. The van der Waals surface area contributed by atoms with Crippen molar-refractivity contribution in [2.45, 2.75) is 6.42 Å². The molecule has 2 N–H and O–H groups in total. The lowest BCUT2D eigenvalue weighted by atomic mass is 10.1. The van der Waals surface area contributed by atoms with Crippen LogP contribution in [-0.2, 0) is 11.2 Å². The molecule has 3 aromatic heterocycles.